The van der Waals surface area contributed by atoms with Gasteiger partial charge in [-0.15, -0.1) is 0 Å². The number of hydrogen-bond donors (Lipinski definition) is 1. The molecule has 0 bridgehead atoms. The summed E-state index contributed by atoms with van der Waals surface area (Å²) >= 11 is 0. The summed E-state index contributed by atoms with van der Waals surface area (Å²) in [4.78, 5) is 1.24. The van der Waals surface area contributed by atoms with E-state index >= 15 is 0 Å². The highest BCUT2D eigenvalue weighted by Crippen LogP contribution is 2.25. The first-order valence-electron chi connectivity index (χ1n) is 5.37. The molecule has 0 fully saturated rings. The van der Waals surface area contributed by atoms with E-state index < -0.39 is 18.8 Å². The average molecular weight is 246 g/mol. The second-order valence-corrected chi connectivity index (χ2v) is 4.14. The highest BCUT2D eigenvalue weighted by atomic mass is 19.4. The standard InChI is InChI=1S/C12H17F3N2/c1-9-5-3-4-6-10(9)11(7-16)17(2)8-12(13,14)15/h3-6,11H,7-8,16H2,1-2H3. The van der Waals surface area contributed by atoms with Gasteiger partial charge in [0.2, 0.25) is 0 Å². The topological polar surface area (TPSA) is 29.3 Å². The van der Waals surface area contributed by atoms with E-state index in [1.165, 1.54) is 11.9 Å². The van der Waals surface area contributed by atoms with Crippen LogP contribution >= 0.6 is 0 Å². The molecule has 1 atom stereocenters. The highest BCUT2D eigenvalue weighted by Gasteiger charge is 2.32. The van der Waals surface area contributed by atoms with E-state index in [2.05, 4.69) is 0 Å². The van der Waals surface area contributed by atoms with Gasteiger partial charge in [0.15, 0.2) is 0 Å². The summed E-state index contributed by atoms with van der Waals surface area (Å²) in [5.41, 5.74) is 7.39. The minimum absolute atomic E-state index is 0.164. The maximum Gasteiger partial charge on any atom is 0.401 e. The summed E-state index contributed by atoms with van der Waals surface area (Å²) < 4.78 is 37.0. The van der Waals surface area contributed by atoms with Crippen LogP contribution in [0.2, 0.25) is 0 Å². The zero-order valence-corrected chi connectivity index (χ0v) is 9.96. The quantitative estimate of drug-likeness (QED) is 0.884. The van der Waals surface area contributed by atoms with Crippen LogP contribution in [-0.2, 0) is 0 Å². The molecule has 0 spiro atoms. The minimum atomic E-state index is -4.20. The maximum atomic E-state index is 12.3. The Balaban J connectivity index is 2.89. The lowest BCUT2D eigenvalue weighted by Gasteiger charge is -2.29. The van der Waals surface area contributed by atoms with Crippen molar-refractivity contribution in [2.45, 2.75) is 19.1 Å². The molecule has 0 saturated carbocycles. The van der Waals surface area contributed by atoms with E-state index in [-0.39, 0.29) is 6.54 Å². The fraction of sp³-hybridized carbons (Fsp3) is 0.500. The number of nitrogens with two attached hydrogens (primary N) is 1. The van der Waals surface area contributed by atoms with E-state index in [9.17, 15) is 13.2 Å². The molecule has 5 heteroatoms. The van der Waals surface area contributed by atoms with Crippen molar-refractivity contribution in [3.05, 3.63) is 35.4 Å². The number of nitrogens with zero attached hydrogens (tertiary/aromatic N) is 1. The van der Waals surface area contributed by atoms with Crippen LogP contribution in [0.3, 0.4) is 0 Å². The van der Waals surface area contributed by atoms with Crippen molar-refractivity contribution in [1.29, 1.82) is 0 Å². The van der Waals surface area contributed by atoms with Crippen molar-refractivity contribution in [1.82, 2.24) is 4.90 Å². The normalized spacial score (nSPS) is 14.1. The van der Waals surface area contributed by atoms with Crippen LogP contribution in [0.5, 0.6) is 0 Å². The van der Waals surface area contributed by atoms with Gasteiger partial charge >= 0.3 is 6.18 Å². The van der Waals surface area contributed by atoms with E-state index in [0.717, 1.165) is 11.1 Å². The minimum Gasteiger partial charge on any atom is -0.329 e. The summed E-state index contributed by atoms with van der Waals surface area (Å²) in [6.07, 6.45) is -4.20. The fourth-order valence-corrected chi connectivity index (χ4v) is 1.90. The molecule has 0 saturated heterocycles. The third-order valence-corrected chi connectivity index (χ3v) is 2.73. The van der Waals surface area contributed by atoms with Crippen LogP contribution in [0.15, 0.2) is 24.3 Å². The van der Waals surface area contributed by atoms with Crippen molar-refractivity contribution in [2.75, 3.05) is 20.1 Å². The van der Waals surface area contributed by atoms with Crippen LogP contribution in [0.1, 0.15) is 17.2 Å². The molecule has 0 heterocycles. The van der Waals surface area contributed by atoms with Crippen LogP contribution in [0.4, 0.5) is 13.2 Å². The van der Waals surface area contributed by atoms with E-state index in [4.69, 9.17) is 5.73 Å². The molecule has 2 N–H and O–H groups in total. The predicted molar refractivity (Wildman–Crippen MR) is 61.7 cm³/mol. The maximum absolute atomic E-state index is 12.3. The van der Waals surface area contributed by atoms with Gasteiger partial charge in [-0.05, 0) is 25.1 Å². The van der Waals surface area contributed by atoms with E-state index in [0.29, 0.717) is 0 Å². The van der Waals surface area contributed by atoms with Crippen LogP contribution in [0.25, 0.3) is 0 Å². The third kappa shape index (κ3) is 4.02. The second kappa shape index (κ2) is 5.51. The van der Waals surface area contributed by atoms with Gasteiger partial charge in [0.05, 0.1) is 6.54 Å². The van der Waals surface area contributed by atoms with Gasteiger partial charge in [0.1, 0.15) is 0 Å². The Morgan fingerprint density at radius 1 is 1.29 bits per heavy atom. The molecule has 2 nitrogen and oxygen atoms in total. The van der Waals surface area contributed by atoms with Gasteiger partial charge in [0.25, 0.3) is 0 Å². The summed E-state index contributed by atoms with van der Waals surface area (Å²) in [5, 5.41) is 0. The first-order chi connectivity index (χ1) is 7.85. The van der Waals surface area contributed by atoms with Crippen molar-refractivity contribution in [2.24, 2.45) is 5.73 Å². The molecular weight excluding hydrogens is 229 g/mol. The van der Waals surface area contributed by atoms with E-state index in [1.807, 2.05) is 31.2 Å². The Bertz CT molecular complexity index is 363. The Labute approximate surface area is 99.2 Å². The number of aryl methyl sites for hydroxylation is 1. The summed E-state index contributed by atoms with van der Waals surface area (Å²) in [6, 6.07) is 6.96. The Morgan fingerprint density at radius 2 is 1.88 bits per heavy atom. The van der Waals surface area contributed by atoms with Gasteiger partial charge in [0, 0.05) is 12.6 Å². The molecule has 1 unspecified atom stereocenters. The first-order valence-corrected chi connectivity index (χ1v) is 5.37. The zero-order chi connectivity index (χ0) is 13.1. The predicted octanol–water partition coefficient (Wildman–Crippen LogP) is 2.49. The molecule has 1 aromatic rings. The Morgan fingerprint density at radius 3 is 2.35 bits per heavy atom. The van der Waals surface area contributed by atoms with Crippen molar-refractivity contribution >= 4 is 0 Å². The van der Waals surface area contributed by atoms with Crippen molar-refractivity contribution < 1.29 is 13.2 Å². The molecular formula is C12H17F3N2. The molecule has 0 amide bonds. The largest absolute Gasteiger partial charge is 0.401 e. The second-order valence-electron chi connectivity index (χ2n) is 4.14. The Kier molecular flexibility index (Phi) is 4.54. The molecule has 0 radical (unpaired) electrons. The van der Waals surface area contributed by atoms with Crippen molar-refractivity contribution in [3.63, 3.8) is 0 Å². The van der Waals surface area contributed by atoms with Crippen LogP contribution in [0, 0.1) is 6.92 Å². The van der Waals surface area contributed by atoms with Crippen LogP contribution in [-0.4, -0.2) is 31.2 Å². The molecule has 1 rings (SSSR count). The number of rotatable bonds is 4. The fourth-order valence-electron chi connectivity index (χ4n) is 1.90. The molecule has 0 aliphatic carbocycles. The smallest absolute Gasteiger partial charge is 0.329 e. The van der Waals surface area contributed by atoms with Crippen molar-refractivity contribution in [3.8, 4) is 0 Å². The highest BCUT2D eigenvalue weighted by molar-refractivity contribution is 5.29. The lowest BCUT2D eigenvalue weighted by molar-refractivity contribution is -0.147. The third-order valence-electron chi connectivity index (χ3n) is 2.73. The monoisotopic (exact) mass is 246 g/mol. The average Bonchev–Trinajstić information content (AvgIpc) is 2.19. The lowest BCUT2D eigenvalue weighted by atomic mass is 10.0. The van der Waals surface area contributed by atoms with E-state index in [1.54, 1.807) is 0 Å². The summed E-state index contributed by atoms with van der Waals surface area (Å²) in [7, 11) is 1.44. The van der Waals surface area contributed by atoms with Gasteiger partial charge in [-0.25, -0.2) is 0 Å². The van der Waals surface area contributed by atoms with Gasteiger partial charge < -0.3 is 5.73 Å². The first kappa shape index (κ1) is 14.0. The number of halogens is 3. The van der Waals surface area contributed by atoms with Crippen LogP contribution < -0.4 is 5.73 Å². The number of benzene rings is 1. The van der Waals surface area contributed by atoms with Gasteiger partial charge in [-0.1, -0.05) is 24.3 Å². The Hall–Kier alpha value is -1.07. The molecule has 0 aromatic heterocycles. The van der Waals surface area contributed by atoms with Gasteiger partial charge in [-0.2, -0.15) is 13.2 Å². The lowest BCUT2D eigenvalue weighted by Crippen LogP contribution is -2.37. The summed E-state index contributed by atoms with van der Waals surface area (Å²) in [6.45, 7) is 1.08. The van der Waals surface area contributed by atoms with Gasteiger partial charge in [-0.3, -0.25) is 4.90 Å². The SMILES string of the molecule is Cc1ccccc1C(CN)N(C)CC(F)(F)F. The molecule has 96 valence electrons. The zero-order valence-electron chi connectivity index (χ0n) is 9.96. The molecule has 17 heavy (non-hydrogen) atoms. The molecule has 1 aromatic carbocycles. The molecule has 0 aliphatic rings. The number of hydrogen-bond acceptors (Lipinski definition) is 2. The molecule has 0 aliphatic heterocycles. The number of likely N-dealkylation sites (N-methyl/N-ethyl adjacent to an activating group) is 1. The number of alkyl halides is 3. The summed E-state index contributed by atoms with van der Waals surface area (Å²) in [5.74, 6) is 0.